The highest BCUT2D eigenvalue weighted by atomic mass is 79.9. The smallest absolute Gasteiger partial charge is 0.207 e. The van der Waals surface area contributed by atoms with Gasteiger partial charge < -0.3 is 0 Å². The topological polar surface area (TPSA) is 68.9 Å². The summed E-state index contributed by atoms with van der Waals surface area (Å²) in [7, 11) is 0. The van der Waals surface area contributed by atoms with Crippen molar-refractivity contribution in [2.45, 2.75) is 0 Å². The maximum atomic E-state index is 4.37. The molecule has 0 N–H and O–H groups in total. The lowest BCUT2D eigenvalue weighted by atomic mass is 10.1. The van der Waals surface area contributed by atoms with E-state index in [1.807, 2.05) is 30.3 Å². The summed E-state index contributed by atoms with van der Waals surface area (Å²) in [5.74, 6) is 0.400. The largest absolute Gasteiger partial charge is 0.291 e. The predicted molar refractivity (Wildman–Crippen MR) is 69.1 cm³/mol. The van der Waals surface area contributed by atoms with Crippen LogP contribution in [-0.4, -0.2) is 30.2 Å². The molecule has 4 rings (SSSR count). The van der Waals surface area contributed by atoms with E-state index in [0.29, 0.717) is 5.78 Å². The first-order chi connectivity index (χ1) is 8.79. The molecule has 0 fully saturated rings. The van der Waals surface area contributed by atoms with Crippen LogP contribution < -0.4 is 0 Å². The zero-order valence-corrected chi connectivity index (χ0v) is 10.5. The molecule has 6 nitrogen and oxygen atoms in total. The van der Waals surface area contributed by atoms with Gasteiger partial charge in [0.2, 0.25) is 0 Å². The second kappa shape index (κ2) is 3.42. The maximum Gasteiger partial charge on any atom is 0.291 e. The molecule has 7 heteroatoms. The van der Waals surface area contributed by atoms with Gasteiger partial charge >= 0.3 is 0 Å². The van der Waals surface area contributed by atoms with Crippen molar-refractivity contribution in [1.82, 2.24) is 30.2 Å². The highest BCUT2D eigenvalue weighted by Crippen LogP contribution is 2.23. The van der Waals surface area contributed by atoms with Crippen molar-refractivity contribution in [3.63, 3.8) is 0 Å². The van der Waals surface area contributed by atoms with Gasteiger partial charge in [0.05, 0.1) is 5.52 Å². The Morgan fingerprint density at radius 2 is 1.89 bits per heavy atom. The Labute approximate surface area is 109 Å². The maximum absolute atomic E-state index is 4.37. The van der Waals surface area contributed by atoms with Crippen molar-refractivity contribution < 1.29 is 0 Å². The standard InChI is InChI=1S/C11H5BrN6/c12-8-2-1-6-4-10-9(5-7(6)3-8)13-11-14-16-17-18(11)15-10/h1-5H. The van der Waals surface area contributed by atoms with E-state index in [0.717, 1.165) is 26.3 Å². The number of fused-ring (bicyclic) bond motifs is 3. The highest BCUT2D eigenvalue weighted by molar-refractivity contribution is 9.10. The number of rotatable bonds is 0. The fraction of sp³-hybridized carbons (Fsp3) is 0. The summed E-state index contributed by atoms with van der Waals surface area (Å²) in [5.41, 5.74) is 1.55. The van der Waals surface area contributed by atoms with Crippen LogP contribution in [0, 0.1) is 0 Å². The summed E-state index contributed by atoms with van der Waals surface area (Å²) in [6, 6.07) is 10.0. The van der Waals surface area contributed by atoms with Crippen molar-refractivity contribution in [2.75, 3.05) is 0 Å². The van der Waals surface area contributed by atoms with E-state index in [2.05, 4.69) is 41.5 Å². The number of nitrogens with zero attached hydrogens (tertiary/aromatic N) is 6. The van der Waals surface area contributed by atoms with Crippen LogP contribution in [0.3, 0.4) is 0 Å². The van der Waals surface area contributed by atoms with Gasteiger partial charge in [0.15, 0.2) is 0 Å². The first-order valence-corrected chi connectivity index (χ1v) is 6.04. The average molecular weight is 301 g/mol. The molecule has 2 aromatic heterocycles. The molecule has 18 heavy (non-hydrogen) atoms. The molecule has 0 unspecified atom stereocenters. The first kappa shape index (κ1) is 9.84. The molecular formula is C11H5BrN6. The molecule has 0 atom stereocenters. The second-order valence-electron chi connectivity index (χ2n) is 3.91. The molecule has 0 aliphatic rings. The SMILES string of the molecule is Brc1ccc2cc3nn4nnnc4nc3cc2c1. The fourth-order valence-electron chi connectivity index (χ4n) is 1.93. The Morgan fingerprint density at radius 1 is 1.00 bits per heavy atom. The van der Waals surface area contributed by atoms with Crippen LogP contribution in [0.5, 0.6) is 0 Å². The van der Waals surface area contributed by atoms with E-state index < -0.39 is 0 Å². The minimum absolute atomic E-state index is 0.400. The number of hydrogen-bond acceptors (Lipinski definition) is 5. The van der Waals surface area contributed by atoms with E-state index in [1.165, 1.54) is 4.63 Å². The zero-order chi connectivity index (χ0) is 12.1. The lowest BCUT2D eigenvalue weighted by molar-refractivity contribution is 0.740. The number of hydrogen-bond donors (Lipinski definition) is 0. The van der Waals surface area contributed by atoms with Gasteiger partial charge in [-0.1, -0.05) is 31.7 Å². The number of halogens is 1. The summed E-state index contributed by atoms with van der Waals surface area (Å²) < 4.78 is 2.36. The Kier molecular flexibility index (Phi) is 1.87. The quantitative estimate of drug-likeness (QED) is 0.465. The summed E-state index contributed by atoms with van der Waals surface area (Å²) in [4.78, 5) is 4.37. The van der Waals surface area contributed by atoms with Gasteiger partial charge in [-0.2, -0.15) is 0 Å². The van der Waals surface area contributed by atoms with Crippen LogP contribution in [0.15, 0.2) is 34.8 Å². The van der Waals surface area contributed by atoms with E-state index in [-0.39, 0.29) is 0 Å². The molecule has 4 aromatic rings. The number of benzene rings is 2. The molecule has 0 aliphatic carbocycles. The third-order valence-corrected chi connectivity index (χ3v) is 3.25. The van der Waals surface area contributed by atoms with E-state index >= 15 is 0 Å². The van der Waals surface area contributed by atoms with Crippen LogP contribution in [0.4, 0.5) is 0 Å². The third-order valence-electron chi connectivity index (χ3n) is 2.76. The van der Waals surface area contributed by atoms with Gasteiger partial charge in [-0.25, -0.2) is 4.98 Å². The molecule has 0 amide bonds. The molecule has 2 heterocycles. The summed E-state index contributed by atoms with van der Waals surface area (Å²) >= 11 is 3.46. The Morgan fingerprint density at radius 3 is 2.83 bits per heavy atom. The molecule has 0 radical (unpaired) electrons. The average Bonchev–Trinajstić information content (AvgIpc) is 2.80. The minimum atomic E-state index is 0.400. The van der Waals surface area contributed by atoms with Crippen LogP contribution in [0.2, 0.25) is 0 Å². The highest BCUT2D eigenvalue weighted by Gasteiger charge is 2.05. The van der Waals surface area contributed by atoms with Gasteiger partial charge in [0, 0.05) is 4.47 Å². The minimum Gasteiger partial charge on any atom is -0.207 e. The van der Waals surface area contributed by atoms with Gasteiger partial charge in [-0.05, 0) is 45.5 Å². The number of tetrazole rings is 1. The second-order valence-corrected chi connectivity index (χ2v) is 4.83. The Hall–Kier alpha value is -2.15. The summed E-state index contributed by atoms with van der Waals surface area (Å²) in [5, 5.41) is 17.6. The van der Waals surface area contributed by atoms with Crippen LogP contribution in [0.1, 0.15) is 0 Å². The lowest BCUT2D eigenvalue weighted by Crippen LogP contribution is -1.97. The lowest BCUT2D eigenvalue weighted by Gasteiger charge is -2.01. The third kappa shape index (κ3) is 1.37. The molecule has 0 aliphatic heterocycles. The van der Waals surface area contributed by atoms with Crippen LogP contribution >= 0.6 is 15.9 Å². The van der Waals surface area contributed by atoms with E-state index in [9.17, 15) is 0 Å². The number of aromatic nitrogens is 6. The Bertz CT molecular complexity index is 900. The monoisotopic (exact) mass is 300 g/mol. The summed E-state index contributed by atoms with van der Waals surface area (Å²) in [6.07, 6.45) is 0. The van der Waals surface area contributed by atoms with Crippen molar-refractivity contribution in [3.8, 4) is 0 Å². The predicted octanol–water partition coefficient (Wildman–Crippen LogP) is 1.98. The fourth-order valence-corrected chi connectivity index (χ4v) is 2.31. The van der Waals surface area contributed by atoms with E-state index in [4.69, 9.17) is 0 Å². The van der Waals surface area contributed by atoms with Gasteiger partial charge in [-0.15, -0.1) is 5.10 Å². The molecule has 0 saturated carbocycles. The molecule has 0 saturated heterocycles. The van der Waals surface area contributed by atoms with Crippen molar-refractivity contribution in [2.24, 2.45) is 0 Å². The zero-order valence-electron chi connectivity index (χ0n) is 8.95. The molecular weight excluding hydrogens is 296 g/mol. The van der Waals surface area contributed by atoms with Crippen molar-refractivity contribution >= 4 is 43.5 Å². The first-order valence-electron chi connectivity index (χ1n) is 5.25. The Balaban J connectivity index is 2.18. The van der Waals surface area contributed by atoms with Crippen molar-refractivity contribution in [3.05, 3.63) is 34.8 Å². The molecule has 2 aromatic carbocycles. The van der Waals surface area contributed by atoms with E-state index in [1.54, 1.807) is 0 Å². The molecule has 86 valence electrons. The summed E-state index contributed by atoms with van der Waals surface area (Å²) in [6.45, 7) is 0. The van der Waals surface area contributed by atoms with Crippen LogP contribution in [0.25, 0.3) is 27.6 Å². The van der Waals surface area contributed by atoms with Gasteiger partial charge in [0.1, 0.15) is 5.52 Å². The molecule has 0 spiro atoms. The van der Waals surface area contributed by atoms with Gasteiger partial charge in [-0.3, -0.25) is 0 Å². The van der Waals surface area contributed by atoms with Crippen molar-refractivity contribution in [1.29, 1.82) is 0 Å². The molecule has 0 bridgehead atoms. The van der Waals surface area contributed by atoms with Gasteiger partial charge in [0.25, 0.3) is 5.78 Å². The van der Waals surface area contributed by atoms with Crippen LogP contribution in [-0.2, 0) is 0 Å². The normalized spacial score (nSPS) is 11.6.